The molecule has 0 saturated carbocycles. The third-order valence-corrected chi connectivity index (χ3v) is 3.99. The van der Waals surface area contributed by atoms with E-state index in [0.29, 0.717) is 24.7 Å². The normalized spacial score (nSPS) is 12.2. The van der Waals surface area contributed by atoms with Crippen LogP contribution in [0.2, 0.25) is 0 Å². The predicted octanol–water partition coefficient (Wildman–Crippen LogP) is 2.45. The topological polar surface area (TPSA) is 93.8 Å². The second-order valence-electron chi connectivity index (χ2n) is 6.15. The van der Waals surface area contributed by atoms with Gasteiger partial charge in [-0.3, -0.25) is 19.0 Å². The van der Waals surface area contributed by atoms with Crippen molar-refractivity contribution in [1.82, 2.24) is 24.9 Å². The molecule has 1 unspecified atom stereocenters. The van der Waals surface area contributed by atoms with E-state index in [1.807, 2.05) is 20.8 Å². The summed E-state index contributed by atoms with van der Waals surface area (Å²) < 4.78 is 3.96. The molecule has 2 aromatic rings. The van der Waals surface area contributed by atoms with E-state index < -0.39 is 6.04 Å². The van der Waals surface area contributed by atoms with Crippen LogP contribution < -0.4 is 10.6 Å². The Morgan fingerprint density at radius 3 is 2.56 bits per heavy atom. The predicted molar refractivity (Wildman–Crippen MR) is 98.3 cm³/mol. The van der Waals surface area contributed by atoms with Crippen molar-refractivity contribution >= 4 is 33.4 Å². The average Bonchev–Trinajstić information content (AvgIpc) is 3.18. The summed E-state index contributed by atoms with van der Waals surface area (Å²) >= 11 is 3.31. The van der Waals surface area contributed by atoms with E-state index in [1.54, 1.807) is 34.9 Å². The van der Waals surface area contributed by atoms with Crippen molar-refractivity contribution in [3.8, 4) is 0 Å². The molecule has 0 aliphatic carbocycles. The molecule has 25 heavy (non-hydrogen) atoms. The number of anilines is 1. The molecule has 0 radical (unpaired) electrons. The summed E-state index contributed by atoms with van der Waals surface area (Å²) in [6.45, 7) is 8.82. The van der Waals surface area contributed by atoms with Gasteiger partial charge in [-0.05, 0) is 35.7 Å². The summed E-state index contributed by atoms with van der Waals surface area (Å²) in [7, 11) is 0. The highest BCUT2D eigenvalue weighted by Crippen LogP contribution is 2.18. The minimum absolute atomic E-state index is 0.213. The molecule has 0 saturated heterocycles. The molecule has 2 amide bonds. The zero-order chi connectivity index (χ0) is 18.6. The minimum atomic E-state index is -0.525. The van der Waals surface area contributed by atoms with Crippen LogP contribution in [0, 0.1) is 5.92 Å². The Kier molecular flexibility index (Phi) is 6.35. The summed E-state index contributed by atoms with van der Waals surface area (Å²) in [5.74, 6) is -0.247. The smallest absolute Gasteiger partial charge is 0.273 e. The molecule has 1 atom stereocenters. The first kappa shape index (κ1) is 19.2. The van der Waals surface area contributed by atoms with Gasteiger partial charge >= 0.3 is 0 Å². The van der Waals surface area contributed by atoms with Gasteiger partial charge in [-0.2, -0.15) is 10.2 Å². The van der Waals surface area contributed by atoms with Crippen LogP contribution in [0.3, 0.4) is 0 Å². The van der Waals surface area contributed by atoms with E-state index in [1.165, 1.54) is 0 Å². The van der Waals surface area contributed by atoms with E-state index >= 15 is 0 Å². The van der Waals surface area contributed by atoms with Crippen molar-refractivity contribution in [2.45, 2.75) is 40.3 Å². The van der Waals surface area contributed by atoms with Crippen molar-refractivity contribution in [1.29, 1.82) is 0 Å². The van der Waals surface area contributed by atoms with Crippen LogP contribution in [0.25, 0.3) is 0 Å². The zero-order valence-electron chi connectivity index (χ0n) is 14.8. The van der Waals surface area contributed by atoms with Crippen LogP contribution in [-0.4, -0.2) is 37.9 Å². The molecular weight excluding hydrogens is 388 g/mol. The number of hydrogen-bond acceptors (Lipinski definition) is 4. The molecule has 0 aliphatic heterocycles. The Bertz CT molecular complexity index is 752. The number of carbonyl (C=O) groups excluding carboxylic acids is 2. The summed E-state index contributed by atoms with van der Waals surface area (Å²) in [5.41, 5.74) is 0.607. The molecule has 9 heteroatoms. The van der Waals surface area contributed by atoms with Gasteiger partial charge in [-0.1, -0.05) is 13.8 Å². The van der Waals surface area contributed by atoms with Crippen LogP contribution in [-0.2, 0) is 11.3 Å². The highest BCUT2D eigenvalue weighted by molar-refractivity contribution is 9.10. The fourth-order valence-electron chi connectivity index (χ4n) is 2.11. The largest absolute Gasteiger partial charge is 0.350 e. The monoisotopic (exact) mass is 410 g/mol. The molecule has 0 aliphatic rings. The van der Waals surface area contributed by atoms with Crippen LogP contribution in [0.5, 0.6) is 0 Å². The van der Waals surface area contributed by atoms with Gasteiger partial charge < -0.3 is 10.6 Å². The molecule has 8 nitrogen and oxygen atoms in total. The number of carbonyl (C=O) groups is 2. The maximum absolute atomic E-state index is 12.5. The molecule has 136 valence electrons. The lowest BCUT2D eigenvalue weighted by molar-refractivity contribution is -0.119. The average molecular weight is 411 g/mol. The fraction of sp³-hybridized carbons (Fsp3) is 0.500. The third-order valence-electron chi connectivity index (χ3n) is 3.58. The number of nitrogens with zero attached hydrogens (tertiary/aromatic N) is 4. The summed E-state index contributed by atoms with van der Waals surface area (Å²) in [6, 6.07) is -0.525. The first-order chi connectivity index (χ1) is 11.8. The van der Waals surface area contributed by atoms with Gasteiger partial charge in [-0.15, -0.1) is 0 Å². The van der Waals surface area contributed by atoms with Gasteiger partial charge in [0.25, 0.3) is 5.91 Å². The number of hydrogen-bond donors (Lipinski definition) is 2. The van der Waals surface area contributed by atoms with Crippen LogP contribution in [0.4, 0.5) is 5.69 Å². The molecule has 2 N–H and O–H groups in total. The van der Waals surface area contributed by atoms with Gasteiger partial charge in [0.15, 0.2) is 5.69 Å². The molecule has 2 aromatic heterocycles. The standard InChI is InChI=1S/C16H23BrN6O2/c1-5-22-9-13(14(21-22)16(25)18-6-10(2)3)20-15(24)11(4)23-8-12(17)7-19-23/h7-11H,5-6H2,1-4H3,(H,18,25)(H,20,24). The van der Waals surface area contributed by atoms with Crippen LogP contribution in [0.15, 0.2) is 23.1 Å². The second-order valence-corrected chi connectivity index (χ2v) is 7.07. The lowest BCUT2D eigenvalue weighted by atomic mass is 10.2. The summed E-state index contributed by atoms with van der Waals surface area (Å²) in [6.07, 6.45) is 4.99. The number of rotatable bonds is 7. The van der Waals surface area contributed by atoms with Crippen molar-refractivity contribution < 1.29 is 9.59 Å². The van der Waals surface area contributed by atoms with Crippen molar-refractivity contribution in [2.75, 3.05) is 11.9 Å². The lowest BCUT2D eigenvalue weighted by Crippen LogP contribution is -2.29. The number of aromatic nitrogens is 4. The van der Waals surface area contributed by atoms with E-state index in [2.05, 4.69) is 36.8 Å². The van der Waals surface area contributed by atoms with Gasteiger partial charge in [-0.25, -0.2) is 0 Å². The first-order valence-corrected chi connectivity index (χ1v) is 8.97. The Morgan fingerprint density at radius 2 is 2.00 bits per heavy atom. The van der Waals surface area contributed by atoms with Crippen LogP contribution >= 0.6 is 15.9 Å². The van der Waals surface area contributed by atoms with Crippen molar-refractivity contribution in [3.63, 3.8) is 0 Å². The van der Waals surface area contributed by atoms with E-state index in [0.717, 1.165) is 4.47 Å². The van der Waals surface area contributed by atoms with Gasteiger partial charge in [0.1, 0.15) is 6.04 Å². The molecule has 0 bridgehead atoms. The number of amides is 2. The lowest BCUT2D eigenvalue weighted by Gasteiger charge is -2.12. The molecule has 2 rings (SSSR count). The van der Waals surface area contributed by atoms with Gasteiger partial charge in [0.05, 0.1) is 16.4 Å². The molecule has 2 heterocycles. The maximum Gasteiger partial charge on any atom is 0.273 e. The maximum atomic E-state index is 12.5. The van der Waals surface area contributed by atoms with Crippen LogP contribution in [0.1, 0.15) is 44.2 Å². The highest BCUT2D eigenvalue weighted by Gasteiger charge is 2.22. The zero-order valence-corrected chi connectivity index (χ0v) is 16.4. The molecule has 0 fully saturated rings. The highest BCUT2D eigenvalue weighted by atomic mass is 79.9. The summed E-state index contributed by atoms with van der Waals surface area (Å²) in [5, 5.41) is 14.0. The Balaban J connectivity index is 2.16. The third kappa shape index (κ3) is 4.91. The number of nitrogens with one attached hydrogen (secondary N) is 2. The first-order valence-electron chi connectivity index (χ1n) is 8.18. The SMILES string of the molecule is CCn1cc(NC(=O)C(C)n2cc(Br)cn2)c(C(=O)NCC(C)C)n1. The van der Waals surface area contributed by atoms with E-state index in [-0.39, 0.29) is 17.5 Å². The number of aryl methyl sites for hydroxylation is 1. The Labute approximate surface area is 155 Å². The van der Waals surface area contributed by atoms with Crippen molar-refractivity contribution in [3.05, 3.63) is 28.8 Å². The second kappa shape index (κ2) is 8.28. The Hall–Kier alpha value is -2.16. The molecule has 0 spiro atoms. The fourth-order valence-corrected chi connectivity index (χ4v) is 2.41. The minimum Gasteiger partial charge on any atom is -0.350 e. The van der Waals surface area contributed by atoms with E-state index in [4.69, 9.17) is 0 Å². The Morgan fingerprint density at radius 1 is 1.28 bits per heavy atom. The summed E-state index contributed by atoms with van der Waals surface area (Å²) in [4.78, 5) is 24.9. The molecule has 0 aromatic carbocycles. The van der Waals surface area contributed by atoms with E-state index in [9.17, 15) is 9.59 Å². The quantitative estimate of drug-likeness (QED) is 0.732. The van der Waals surface area contributed by atoms with Crippen molar-refractivity contribution in [2.24, 2.45) is 5.92 Å². The van der Waals surface area contributed by atoms with Gasteiger partial charge in [0.2, 0.25) is 5.91 Å². The number of halogens is 1. The molecular formula is C16H23BrN6O2. The van der Waals surface area contributed by atoms with Gasteiger partial charge in [0, 0.05) is 25.5 Å².